The number of nitrogens with zero attached hydrogens (tertiary/aromatic N) is 3. The molecule has 4 rings (SSSR count). The third kappa shape index (κ3) is 4.91. The van der Waals surface area contributed by atoms with E-state index in [2.05, 4.69) is 15.5 Å². The maximum absolute atomic E-state index is 13.4. The smallest absolute Gasteiger partial charge is 0.234 e. The number of halogens is 1. The average Bonchev–Trinajstić information content (AvgIpc) is 3.20. The summed E-state index contributed by atoms with van der Waals surface area (Å²) in [5.41, 5.74) is 1.27. The van der Waals surface area contributed by atoms with Gasteiger partial charge in [0.1, 0.15) is 18.2 Å². The number of ether oxygens (including phenoxy) is 1. The highest BCUT2D eigenvalue weighted by Gasteiger charge is 2.15. The van der Waals surface area contributed by atoms with Crippen molar-refractivity contribution in [3.05, 3.63) is 77.9 Å². The minimum Gasteiger partial charge on any atom is -0.485 e. The normalized spacial score (nSPS) is 11.0. The predicted molar refractivity (Wildman–Crippen MR) is 124 cm³/mol. The SMILES string of the molecule is CCn1c(COc2cccc3ccccc23)nnc1SCC(=O)Nc1cc(F)ccc1C. The molecular formula is C24H23FN4O2S. The Morgan fingerprint density at radius 1 is 1.12 bits per heavy atom. The second kappa shape index (κ2) is 9.82. The van der Waals surface area contributed by atoms with E-state index in [0.29, 0.717) is 23.2 Å². The minimum absolute atomic E-state index is 0.137. The number of hydrogen-bond acceptors (Lipinski definition) is 5. The number of carbonyl (C=O) groups is 1. The van der Waals surface area contributed by atoms with Crippen molar-refractivity contribution in [2.75, 3.05) is 11.1 Å². The Morgan fingerprint density at radius 3 is 2.78 bits per heavy atom. The maximum Gasteiger partial charge on any atom is 0.234 e. The van der Waals surface area contributed by atoms with Crippen molar-refractivity contribution in [1.82, 2.24) is 14.8 Å². The molecule has 8 heteroatoms. The van der Waals surface area contributed by atoms with Gasteiger partial charge < -0.3 is 14.6 Å². The number of thioether (sulfide) groups is 1. The van der Waals surface area contributed by atoms with Crippen LogP contribution in [0, 0.1) is 12.7 Å². The van der Waals surface area contributed by atoms with E-state index < -0.39 is 0 Å². The highest BCUT2D eigenvalue weighted by atomic mass is 32.2. The molecule has 4 aromatic rings. The van der Waals surface area contributed by atoms with Gasteiger partial charge in [0, 0.05) is 17.6 Å². The van der Waals surface area contributed by atoms with Gasteiger partial charge in [-0.15, -0.1) is 10.2 Å². The molecule has 0 fully saturated rings. The number of fused-ring (bicyclic) bond motifs is 1. The fraction of sp³-hybridized carbons (Fsp3) is 0.208. The molecule has 0 aliphatic carbocycles. The Bertz CT molecular complexity index is 1250. The van der Waals surface area contributed by atoms with Crippen LogP contribution in [0.4, 0.5) is 10.1 Å². The Kier molecular flexibility index (Phi) is 6.70. The van der Waals surface area contributed by atoms with Crippen molar-refractivity contribution in [2.24, 2.45) is 0 Å². The number of benzene rings is 3. The van der Waals surface area contributed by atoms with Gasteiger partial charge in [0.2, 0.25) is 5.91 Å². The second-order valence-electron chi connectivity index (χ2n) is 7.21. The van der Waals surface area contributed by atoms with Crippen LogP contribution in [0.1, 0.15) is 18.3 Å². The van der Waals surface area contributed by atoms with Gasteiger partial charge in [0.25, 0.3) is 0 Å². The van der Waals surface area contributed by atoms with Gasteiger partial charge in [0.05, 0.1) is 5.75 Å². The van der Waals surface area contributed by atoms with Gasteiger partial charge in [-0.05, 0) is 43.0 Å². The van der Waals surface area contributed by atoms with E-state index in [-0.39, 0.29) is 24.1 Å². The van der Waals surface area contributed by atoms with Crippen molar-refractivity contribution < 1.29 is 13.9 Å². The zero-order valence-corrected chi connectivity index (χ0v) is 18.7. The second-order valence-corrected chi connectivity index (χ2v) is 8.15. The van der Waals surface area contributed by atoms with Crippen molar-refractivity contribution in [1.29, 1.82) is 0 Å². The van der Waals surface area contributed by atoms with Gasteiger partial charge >= 0.3 is 0 Å². The van der Waals surface area contributed by atoms with Crippen LogP contribution in [0.5, 0.6) is 5.75 Å². The zero-order chi connectivity index (χ0) is 22.5. The highest BCUT2D eigenvalue weighted by molar-refractivity contribution is 7.99. The quantitative estimate of drug-likeness (QED) is 0.373. The molecule has 0 radical (unpaired) electrons. The van der Waals surface area contributed by atoms with Crippen LogP contribution < -0.4 is 10.1 Å². The van der Waals surface area contributed by atoms with Crippen LogP contribution in [0.15, 0.2) is 65.8 Å². The molecule has 164 valence electrons. The molecule has 3 aromatic carbocycles. The summed E-state index contributed by atoms with van der Waals surface area (Å²) in [6.45, 7) is 4.72. The summed E-state index contributed by atoms with van der Waals surface area (Å²) >= 11 is 1.28. The molecule has 0 saturated carbocycles. The molecule has 0 spiro atoms. The van der Waals surface area contributed by atoms with Gasteiger partial charge in [-0.25, -0.2) is 4.39 Å². The standard InChI is InChI=1S/C24H23FN4O2S/c1-3-29-22(14-31-21-10-6-8-17-7-4-5-9-19(17)21)27-28-24(29)32-15-23(30)26-20-13-18(25)12-11-16(20)2/h4-13H,3,14-15H2,1-2H3,(H,26,30). The fourth-order valence-electron chi connectivity index (χ4n) is 3.36. The Morgan fingerprint density at radius 2 is 1.94 bits per heavy atom. The molecule has 32 heavy (non-hydrogen) atoms. The van der Waals surface area contributed by atoms with E-state index in [9.17, 15) is 9.18 Å². The van der Waals surface area contributed by atoms with Gasteiger partial charge in [-0.3, -0.25) is 4.79 Å². The first-order valence-electron chi connectivity index (χ1n) is 10.3. The lowest BCUT2D eigenvalue weighted by Gasteiger charge is -2.11. The first kappa shape index (κ1) is 21.8. The first-order valence-corrected chi connectivity index (χ1v) is 11.2. The molecule has 6 nitrogen and oxygen atoms in total. The van der Waals surface area contributed by atoms with Gasteiger partial charge in [0.15, 0.2) is 11.0 Å². The molecule has 0 saturated heterocycles. The van der Waals surface area contributed by atoms with Crippen LogP contribution in [-0.2, 0) is 17.9 Å². The van der Waals surface area contributed by atoms with E-state index in [0.717, 1.165) is 22.1 Å². The molecule has 1 aromatic heterocycles. The number of aryl methyl sites for hydroxylation is 1. The molecule has 0 unspecified atom stereocenters. The summed E-state index contributed by atoms with van der Waals surface area (Å²) in [5.74, 6) is 0.985. The molecule has 1 amide bonds. The summed E-state index contributed by atoms with van der Waals surface area (Å²) in [4.78, 5) is 12.4. The lowest BCUT2D eigenvalue weighted by molar-refractivity contribution is -0.113. The summed E-state index contributed by atoms with van der Waals surface area (Å²) in [6, 6.07) is 18.3. The number of rotatable bonds is 8. The number of nitrogens with one attached hydrogen (secondary N) is 1. The molecule has 0 bridgehead atoms. The lowest BCUT2D eigenvalue weighted by atomic mass is 10.1. The summed E-state index contributed by atoms with van der Waals surface area (Å²) in [7, 11) is 0. The average molecular weight is 451 g/mol. The third-order valence-electron chi connectivity index (χ3n) is 5.02. The van der Waals surface area contributed by atoms with E-state index >= 15 is 0 Å². The molecule has 0 aliphatic heterocycles. The van der Waals surface area contributed by atoms with Crippen LogP contribution in [0.2, 0.25) is 0 Å². The lowest BCUT2D eigenvalue weighted by Crippen LogP contribution is -2.15. The number of anilines is 1. The van der Waals surface area contributed by atoms with Crippen molar-refractivity contribution in [3.8, 4) is 5.75 Å². The monoisotopic (exact) mass is 450 g/mol. The van der Waals surface area contributed by atoms with Crippen molar-refractivity contribution >= 4 is 34.1 Å². The van der Waals surface area contributed by atoms with Crippen molar-refractivity contribution in [3.63, 3.8) is 0 Å². The first-order chi connectivity index (χ1) is 15.5. The zero-order valence-electron chi connectivity index (χ0n) is 17.8. The fourth-order valence-corrected chi connectivity index (χ4v) is 4.18. The molecule has 0 aliphatic rings. The summed E-state index contributed by atoms with van der Waals surface area (Å²) in [5, 5.41) is 14.0. The van der Waals surface area contributed by atoms with E-state index in [1.165, 1.54) is 23.9 Å². The van der Waals surface area contributed by atoms with E-state index in [1.54, 1.807) is 6.07 Å². The van der Waals surface area contributed by atoms with Crippen molar-refractivity contribution in [2.45, 2.75) is 32.2 Å². The minimum atomic E-state index is -0.389. The number of amides is 1. The number of aromatic nitrogens is 3. The number of hydrogen-bond donors (Lipinski definition) is 1. The number of carbonyl (C=O) groups excluding carboxylic acids is 1. The van der Waals surface area contributed by atoms with Crippen LogP contribution in [0.3, 0.4) is 0 Å². The van der Waals surface area contributed by atoms with Gasteiger partial charge in [-0.2, -0.15) is 0 Å². The molecule has 1 N–H and O–H groups in total. The van der Waals surface area contributed by atoms with E-state index in [4.69, 9.17) is 4.74 Å². The summed E-state index contributed by atoms with van der Waals surface area (Å²) < 4.78 is 21.4. The summed E-state index contributed by atoms with van der Waals surface area (Å²) in [6.07, 6.45) is 0. The predicted octanol–water partition coefficient (Wildman–Crippen LogP) is 5.21. The topological polar surface area (TPSA) is 69.0 Å². The van der Waals surface area contributed by atoms with Crippen LogP contribution in [0.25, 0.3) is 10.8 Å². The van der Waals surface area contributed by atoms with Gasteiger partial charge in [-0.1, -0.05) is 54.2 Å². The molecular weight excluding hydrogens is 427 g/mol. The van der Waals surface area contributed by atoms with E-state index in [1.807, 2.05) is 60.9 Å². The Labute approximate surface area is 189 Å². The maximum atomic E-state index is 13.4. The third-order valence-corrected chi connectivity index (χ3v) is 5.99. The van der Waals surface area contributed by atoms with Crippen LogP contribution >= 0.6 is 11.8 Å². The highest BCUT2D eigenvalue weighted by Crippen LogP contribution is 2.26. The molecule has 0 atom stereocenters. The van der Waals surface area contributed by atoms with Crippen LogP contribution in [-0.4, -0.2) is 26.4 Å². The molecule has 1 heterocycles. The Balaban J connectivity index is 1.40. The Hall–Kier alpha value is -3.39. The largest absolute Gasteiger partial charge is 0.485 e.